The molecule has 15 heavy (non-hydrogen) atoms. The Morgan fingerprint density at radius 2 is 1.93 bits per heavy atom. The molecule has 0 saturated carbocycles. The molecule has 0 amide bonds. The molecule has 0 aromatic rings. The van der Waals surface area contributed by atoms with Crippen molar-refractivity contribution < 1.29 is 32.6 Å². The monoisotopic (exact) mass is 242 g/mol. The molecule has 0 rings (SSSR count). The highest BCUT2D eigenvalue weighted by molar-refractivity contribution is 7.86. The predicted octanol–water partition coefficient (Wildman–Crippen LogP) is -1.06. The number of carbonyl (C=O) groups is 1. The van der Waals surface area contributed by atoms with Gasteiger partial charge in [-0.1, -0.05) is 4.33 Å². The van der Waals surface area contributed by atoms with Crippen LogP contribution in [0.25, 0.3) is 0 Å². The van der Waals surface area contributed by atoms with E-state index in [0.29, 0.717) is 0 Å². The lowest BCUT2D eigenvalue weighted by molar-refractivity contribution is -0.194. The molecule has 2 N–H and O–H groups in total. The van der Waals surface area contributed by atoms with E-state index in [0.717, 1.165) is 0 Å². The normalized spacial score (nSPS) is 15.7. The Balaban J connectivity index is 3.93. The van der Waals surface area contributed by atoms with Crippen LogP contribution in [0.4, 0.5) is 0 Å². The molecule has 0 aliphatic carbocycles. The van der Waals surface area contributed by atoms with Gasteiger partial charge in [-0.05, 0) is 19.8 Å². The van der Waals surface area contributed by atoms with Gasteiger partial charge in [-0.2, -0.15) is 8.42 Å². The van der Waals surface area contributed by atoms with E-state index in [1.807, 2.05) is 0 Å². The fourth-order valence-electron chi connectivity index (χ4n) is 0.856. The van der Waals surface area contributed by atoms with E-state index in [9.17, 15) is 18.3 Å². The van der Waals surface area contributed by atoms with Gasteiger partial charge in [-0.3, -0.25) is 9.68 Å². The van der Waals surface area contributed by atoms with Crippen LogP contribution in [0.2, 0.25) is 0 Å². The summed E-state index contributed by atoms with van der Waals surface area (Å²) in [4.78, 5) is 13.2. The first-order valence-electron chi connectivity index (χ1n) is 4.25. The Kier molecular flexibility index (Phi) is 6.41. The molecule has 0 radical (unpaired) electrons. The maximum atomic E-state index is 10.9. The number of hydrogen-bond acceptors (Lipinski definition) is 7. The van der Waals surface area contributed by atoms with Crippen molar-refractivity contribution in [3.05, 3.63) is 0 Å². The molecule has 2 unspecified atom stereocenters. The Morgan fingerprint density at radius 3 is 2.40 bits per heavy atom. The largest absolute Gasteiger partial charge is 0.393 e. The zero-order chi connectivity index (χ0) is 11.9. The molecule has 0 aromatic carbocycles. The van der Waals surface area contributed by atoms with Gasteiger partial charge in [0, 0.05) is 0 Å². The summed E-state index contributed by atoms with van der Waals surface area (Å²) in [5.74, 6) is -0.687. The molecular weight excluding hydrogens is 228 g/mol. The van der Waals surface area contributed by atoms with Gasteiger partial charge in [0.25, 0.3) is 0 Å². The molecule has 90 valence electrons. The van der Waals surface area contributed by atoms with Crippen LogP contribution in [-0.4, -0.2) is 43.1 Å². The minimum Gasteiger partial charge on any atom is -0.393 e. The van der Waals surface area contributed by atoms with Crippen molar-refractivity contribution in [1.82, 2.24) is 0 Å². The van der Waals surface area contributed by atoms with Crippen LogP contribution in [0, 0.1) is 0 Å². The van der Waals surface area contributed by atoms with Gasteiger partial charge in [0.15, 0.2) is 0 Å². The van der Waals surface area contributed by atoms with E-state index in [1.54, 1.807) is 0 Å². The first-order chi connectivity index (χ1) is 6.87. The van der Waals surface area contributed by atoms with Gasteiger partial charge >= 0.3 is 16.6 Å². The third-order valence-corrected chi connectivity index (χ3v) is 2.58. The summed E-state index contributed by atoms with van der Waals surface area (Å²) in [6.07, 6.45) is -1.40. The van der Waals surface area contributed by atoms with E-state index in [2.05, 4.69) is 9.22 Å². The molecule has 0 saturated heterocycles. The van der Waals surface area contributed by atoms with Crippen LogP contribution in [0.5, 0.6) is 0 Å². The predicted molar refractivity (Wildman–Crippen MR) is 48.9 cm³/mol. The third kappa shape index (κ3) is 8.30. The second-order valence-electron chi connectivity index (χ2n) is 3.07. The van der Waals surface area contributed by atoms with Crippen LogP contribution < -0.4 is 0 Å². The highest BCUT2D eigenvalue weighted by Gasteiger charge is 2.19. The maximum Gasteiger partial charge on any atom is 0.332 e. The average Bonchev–Trinajstić information content (AvgIpc) is 2.11. The van der Waals surface area contributed by atoms with Gasteiger partial charge in [0.05, 0.1) is 12.2 Å². The van der Waals surface area contributed by atoms with Crippen LogP contribution in [0.3, 0.4) is 0 Å². The van der Waals surface area contributed by atoms with Gasteiger partial charge in [0.1, 0.15) is 5.75 Å². The molecule has 0 bridgehead atoms. The maximum absolute atomic E-state index is 10.9. The van der Waals surface area contributed by atoms with Crippen molar-refractivity contribution in [2.24, 2.45) is 0 Å². The minimum atomic E-state index is -4.08. The van der Waals surface area contributed by atoms with E-state index in [-0.39, 0.29) is 19.3 Å². The first-order valence-corrected chi connectivity index (χ1v) is 5.82. The summed E-state index contributed by atoms with van der Waals surface area (Å²) in [6.45, 7) is 1.34. The highest BCUT2D eigenvalue weighted by Crippen LogP contribution is 2.05. The molecular formula is C7H14O7S. The number of carbonyl (C=O) groups excluding carboxylic acids is 1. The van der Waals surface area contributed by atoms with E-state index in [4.69, 9.17) is 5.11 Å². The van der Waals surface area contributed by atoms with E-state index in [1.165, 1.54) is 6.92 Å². The van der Waals surface area contributed by atoms with Crippen LogP contribution >= 0.6 is 0 Å². The van der Waals surface area contributed by atoms with Crippen LogP contribution in [0.15, 0.2) is 0 Å². The smallest absolute Gasteiger partial charge is 0.332 e. The number of aliphatic hydroxyl groups is 2. The number of aliphatic hydroxyl groups excluding tert-OH is 2. The van der Waals surface area contributed by atoms with Crippen molar-refractivity contribution in [3.8, 4) is 0 Å². The SMILES string of the molecule is CC(O)CCC(O)CS(=O)(=O)OOC=O. The van der Waals surface area contributed by atoms with Crippen molar-refractivity contribution in [1.29, 1.82) is 0 Å². The van der Waals surface area contributed by atoms with Crippen molar-refractivity contribution in [2.45, 2.75) is 32.0 Å². The molecule has 2 atom stereocenters. The highest BCUT2D eigenvalue weighted by atomic mass is 32.2. The number of hydrogen-bond donors (Lipinski definition) is 2. The molecule has 0 fully saturated rings. The van der Waals surface area contributed by atoms with Gasteiger partial charge < -0.3 is 10.2 Å². The summed E-state index contributed by atoms with van der Waals surface area (Å²) in [5, 5.41) is 18.1. The lowest BCUT2D eigenvalue weighted by atomic mass is 10.1. The van der Waals surface area contributed by atoms with Gasteiger partial charge in [0.2, 0.25) is 0 Å². The second kappa shape index (κ2) is 6.72. The molecule has 0 aliphatic heterocycles. The molecule has 0 spiro atoms. The van der Waals surface area contributed by atoms with Crippen molar-refractivity contribution >= 4 is 16.6 Å². The summed E-state index contributed by atoms with van der Waals surface area (Å²) in [7, 11) is -4.08. The fourth-order valence-corrected chi connectivity index (χ4v) is 1.70. The molecule has 8 heteroatoms. The minimum absolute atomic E-state index is 0.112. The van der Waals surface area contributed by atoms with Crippen LogP contribution in [-0.2, 0) is 24.1 Å². The molecule has 0 aliphatic rings. The van der Waals surface area contributed by atoms with Crippen LogP contribution in [0.1, 0.15) is 19.8 Å². The molecule has 7 nitrogen and oxygen atoms in total. The quantitative estimate of drug-likeness (QED) is 0.317. The summed E-state index contributed by atoms with van der Waals surface area (Å²) >= 11 is 0. The van der Waals surface area contributed by atoms with Gasteiger partial charge in [-0.15, -0.1) is 0 Å². The van der Waals surface area contributed by atoms with Crippen molar-refractivity contribution in [2.75, 3.05) is 5.75 Å². The lowest BCUT2D eigenvalue weighted by Crippen LogP contribution is -2.23. The fraction of sp³-hybridized carbons (Fsp3) is 0.857. The summed E-state index contributed by atoms with van der Waals surface area (Å²) in [6, 6.07) is 0. The first kappa shape index (κ1) is 14.3. The Hall–Kier alpha value is -0.700. The zero-order valence-corrected chi connectivity index (χ0v) is 9.01. The summed E-state index contributed by atoms with van der Waals surface area (Å²) < 4.78 is 25.6. The Labute approximate surface area is 87.7 Å². The Morgan fingerprint density at radius 1 is 1.33 bits per heavy atom. The van der Waals surface area contributed by atoms with Gasteiger partial charge in [-0.25, -0.2) is 0 Å². The average molecular weight is 242 g/mol. The standard InChI is InChI=1S/C7H14O7S/c1-6(9)2-3-7(10)4-15(11,12)14-13-5-8/h5-7,9-10H,2-4H2,1H3. The third-order valence-electron chi connectivity index (χ3n) is 1.50. The second-order valence-corrected chi connectivity index (χ2v) is 4.65. The van der Waals surface area contributed by atoms with E-state index < -0.39 is 28.1 Å². The topological polar surface area (TPSA) is 110 Å². The molecule has 0 heterocycles. The summed E-state index contributed by atoms with van der Waals surface area (Å²) in [5.41, 5.74) is 0. The Bertz CT molecular complexity index is 271. The lowest BCUT2D eigenvalue weighted by Gasteiger charge is -2.10. The zero-order valence-electron chi connectivity index (χ0n) is 8.20. The van der Waals surface area contributed by atoms with E-state index >= 15 is 0 Å². The number of rotatable bonds is 8. The van der Waals surface area contributed by atoms with Crippen molar-refractivity contribution in [3.63, 3.8) is 0 Å². The molecule has 0 aromatic heterocycles.